The van der Waals surface area contributed by atoms with Crippen LogP contribution in [0, 0.1) is 11.8 Å². The van der Waals surface area contributed by atoms with Gasteiger partial charge in [0.05, 0.1) is 20.8 Å². The van der Waals surface area contributed by atoms with E-state index in [1.165, 1.54) is 6.07 Å². The molecule has 2 atom stereocenters. The molecule has 0 radical (unpaired) electrons. The van der Waals surface area contributed by atoms with E-state index in [9.17, 15) is 26.0 Å². The van der Waals surface area contributed by atoms with E-state index >= 15 is 0 Å². The van der Waals surface area contributed by atoms with Gasteiger partial charge in [-0.05, 0) is 30.7 Å². The monoisotopic (exact) mass is 487 g/mol. The van der Waals surface area contributed by atoms with Gasteiger partial charge in [-0.15, -0.1) is 5.10 Å². The van der Waals surface area contributed by atoms with Crippen molar-refractivity contribution in [1.29, 1.82) is 0 Å². The van der Waals surface area contributed by atoms with Gasteiger partial charge in [0.2, 0.25) is 0 Å². The summed E-state index contributed by atoms with van der Waals surface area (Å²) in [7, 11) is -4.26. The summed E-state index contributed by atoms with van der Waals surface area (Å²) in [5.41, 5.74) is -0.138. The molecule has 5 rings (SSSR count). The summed E-state index contributed by atoms with van der Waals surface area (Å²) in [4.78, 5) is 1.41. The van der Waals surface area contributed by atoms with E-state index in [4.69, 9.17) is 11.6 Å². The van der Waals surface area contributed by atoms with Crippen molar-refractivity contribution >= 4 is 38.3 Å². The fourth-order valence-corrected chi connectivity index (χ4v) is 5.96. The van der Waals surface area contributed by atoms with Gasteiger partial charge in [0.25, 0.3) is 21.9 Å². The third-order valence-electron chi connectivity index (χ3n) is 6.29. The summed E-state index contributed by atoms with van der Waals surface area (Å²) in [6.45, 7) is 1.07. The molecule has 0 N–H and O–H groups in total. The molecule has 2 aromatic carbocycles. The second-order valence-corrected chi connectivity index (χ2v) is 10.5. The van der Waals surface area contributed by atoms with Crippen LogP contribution in [0.3, 0.4) is 0 Å². The first-order valence-electron chi connectivity index (χ1n) is 9.96. The molecule has 1 aliphatic heterocycles. The van der Waals surface area contributed by atoms with Crippen molar-refractivity contribution in [3.8, 4) is 0 Å². The Balaban J connectivity index is 1.60. The molecule has 1 saturated heterocycles. The highest BCUT2D eigenvalue weighted by Gasteiger charge is 2.69. The summed E-state index contributed by atoms with van der Waals surface area (Å²) < 4.78 is 82.2. The van der Waals surface area contributed by atoms with Gasteiger partial charge in [-0.25, -0.2) is 17.6 Å². The van der Waals surface area contributed by atoms with Gasteiger partial charge < -0.3 is 4.90 Å². The van der Waals surface area contributed by atoms with Crippen LogP contribution < -0.4 is 4.90 Å². The minimum atomic E-state index is -4.26. The SMILES string of the molecule is CC(F)(F)c1ccc(S(=O)(=O)n2nc(N3CCC4C(C3)C4(F)F)c3c(Cl)cccc32)cc1. The van der Waals surface area contributed by atoms with Crippen molar-refractivity contribution in [3.05, 3.63) is 53.1 Å². The van der Waals surface area contributed by atoms with Gasteiger partial charge in [-0.1, -0.05) is 29.8 Å². The van der Waals surface area contributed by atoms with E-state index in [0.717, 1.165) is 35.3 Å². The molecule has 32 heavy (non-hydrogen) atoms. The number of hydrogen-bond acceptors (Lipinski definition) is 4. The standard InChI is InChI=1S/C21H18ClF4N3O2S/c1-20(23,24)12-5-7-13(8-6-12)32(30,31)29-17-4-2-3-16(22)18(17)19(27-29)28-10-9-14-15(11-28)21(14,25)26/h2-8,14-15H,9-11H2,1H3. The molecule has 170 valence electrons. The normalized spacial score (nSPS) is 22.8. The van der Waals surface area contributed by atoms with E-state index in [0.29, 0.717) is 11.9 Å². The minimum absolute atomic E-state index is 0.0509. The molecular formula is C21H18ClF4N3O2S. The Bertz CT molecular complexity index is 1320. The first kappa shape index (κ1) is 21.5. The van der Waals surface area contributed by atoms with Crippen LogP contribution in [0.2, 0.25) is 5.02 Å². The van der Waals surface area contributed by atoms with Crippen molar-refractivity contribution in [2.75, 3.05) is 18.0 Å². The molecule has 0 amide bonds. The van der Waals surface area contributed by atoms with E-state index in [1.807, 2.05) is 0 Å². The molecule has 2 unspecified atom stereocenters. The quantitative estimate of drug-likeness (QED) is 0.479. The van der Waals surface area contributed by atoms with Gasteiger partial charge in [0, 0.05) is 37.4 Å². The lowest BCUT2D eigenvalue weighted by atomic mass is 10.1. The summed E-state index contributed by atoms with van der Waals surface area (Å²) in [5.74, 6) is -7.06. The van der Waals surface area contributed by atoms with Crippen LogP contribution >= 0.6 is 11.6 Å². The molecule has 1 saturated carbocycles. The molecule has 11 heteroatoms. The second-order valence-electron chi connectivity index (χ2n) is 8.34. The van der Waals surface area contributed by atoms with Crippen molar-refractivity contribution in [2.45, 2.75) is 30.1 Å². The third kappa shape index (κ3) is 3.18. The van der Waals surface area contributed by atoms with Crippen molar-refractivity contribution < 1.29 is 26.0 Å². The highest BCUT2D eigenvalue weighted by Crippen LogP contribution is 2.59. The number of alkyl halides is 4. The lowest BCUT2D eigenvalue weighted by Crippen LogP contribution is -2.32. The maximum absolute atomic E-state index is 13.9. The molecule has 0 spiro atoms. The number of fused-ring (bicyclic) bond motifs is 2. The lowest BCUT2D eigenvalue weighted by molar-refractivity contribution is 0.0174. The summed E-state index contributed by atoms with van der Waals surface area (Å²) in [5, 5.41) is 4.86. The van der Waals surface area contributed by atoms with E-state index < -0.39 is 33.7 Å². The van der Waals surface area contributed by atoms with Crippen LogP contribution in [0.25, 0.3) is 10.9 Å². The zero-order chi connectivity index (χ0) is 23.1. The summed E-state index contributed by atoms with van der Waals surface area (Å²) >= 11 is 6.36. The average Bonchev–Trinajstić information content (AvgIpc) is 3.08. The summed E-state index contributed by atoms with van der Waals surface area (Å²) in [6, 6.07) is 8.93. The Labute approximate surface area is 186 Å². The Hall–Kier alpha value is -2.33. The fourth-order valence-electron chi connectivity index (χ4n) is 4.43. The molecule has 5 nitrogen and oxygen atoms in total. The van der Waals surface area contributed by atoms with Crippen molar-refractivity contribution in [1.82, 2.24) is 9.19 Å². The van der Waals surface area contributed by atoms with Crippen LogP contribution in [-0.2, 0) is 15.9 Å². The first-order valence-corrected chi connectivity index (χ1v) is 11.8. The Morgan fingerprint density at radius 1 is 1.12 bits per heavy atom. The number of piperidine rings is 1. The average molecular weight is 488 g/mol. The van der Waals surface area contributed by atoms with E-state index in [-0.39, 0.29) is 39.8 Å². The maximum atomic E-state index is 13.9. The largest absolute Gasteiger partial charge is 0.354 e. The molecule has 2 heterocycles. The fraction of sp³-hybridized carbons (Fsp3) is 0.381. The van der Waals surface area contributed by atoms with E-state index in [2.05, 4.69) is 5.10 Å². The van der Waals surface area contributed by atoms with Gasteiger partial charge in [-0.3, -0.25) is 0 Å². The zero-order valence-corrected chi connectivity index (χ0v) is 18.3. The number of aromatic nitrogens is 2. The molecule has 2 aliphatic rings. The minimum Gasteiger partial charge on any atom is -0.354 e. The van der Waals surface area contributed by atoms with Crippen LogP contribution in [-0.4, -0.2) is 36.6 Å². The van der Waals surface area contributed by atoms with Gasteiger partial charge in [-0.2, -0.15) is 12.5 Å². The number of rotatable bonds is 4. The van der Waals surface area contributed by atoms with Gasteiger partial charge in [0.15, 0.2) is 5.82 Å². The smallest absolute Gasteiger partial charge is 0.283 e. The third-order valence-corrected chi connectivity index (χ3v) is 8.20. The summed E-state index contributed by atoms with van der Waals surface area (Å²) in [6.07, 6.45) is 0.274. The molecule has 1 aromatic heterocycles. The molecule has 0 bridgehead atoms. The molecular weight excluding hydrogens is 470 g/mol. The Morgan fingerprint density at radius 3 is 2.44 bits per heavy atom. The molecule has 3 aromatic rings. The molecule has 1 aliphatic carbocycles. The highest BCUT2D eigenvalue weighted by molar-refractivity contribution is 7.90. The zero-order valence-electron chi connectivity index (χ0n) is 16.8. The van der Waals surface area contributed by atoms with Crippen LogP contribution in [0.15, 0.2) is 47.4 Å². The van der Waals surface area contributed by atoms with Crippen molar-refractivity contribution in [3.63, 3.8) is 0 Å². The first-order chi connectivity index (χ1) is 14.9. The van der Waals surface area contributed by atoms with Crippen LogP contribution in [0.5, 0.6) is 0 Å². The number of hydrogen-bond donors (Lipinski definition) is 0. The number of nitrogens with zero attached hydrogens (tertiary/aromatic N) is 3. The highest BCUT2D eigenvalue weighted by atomic mass is 35.5. The molecule has 2 fully saturated rings. The number of anilines is 1. The maximum Gasteiger partial charge on any atom is 0.283 e. The predicted molar refractivity (Wildman–Crippen MR) is 112 cm³/mol. The second kappa shape index (κ2) is 6.84. The predicted octanol–water partition coefficient (Wildman–Crippen LogP) is 5.13. The Kier molecular flexibility index (Phi) is 4.59. The topological polar surface area (TPSA) is 55.2 Å². The lowest BCUT2D eigenvalue weighted by Gasteiger charge is -2.25. The van der Waals surface area contributed by atoms with Crippen LogP contribution in [0.4, 0.5) is 23.4 Å². The van der Waals surface area contributed by atoms with E-state index in [1.54, 1.807) is 17.0 Å². The number of halogens is 5. The van der Waals surface area contributed by atoms with Crippen LogP contribution in [0.1, 0.15) is 18.9 Å². The van der Waals surface area contributed by atoms with Crippen molar-refractivity contribution in [2.24, 2.45) is 11.8 Å². The van der Waals surface area contributed by atoms with Gasteiger partial charge >= 0.3 is 0 Å². The Morgan fingerprint density at radius 2 is 1.81 bits per heavy atom. The number of benzene rings is 2. The van der Waals surface area contributed by atoms with Gasteiger partial charge in [0.1, 0.15) is 0 Å².